The van der Waals surface area contributed by atoms with Crippen molar-refractivity contribution < 1.29 is 5.11 Å². The first-order valence-electron chi connectivity index (χ1n) is 5.64. The molecule has 1 heterocycles. The molecule has 0 bridgehead atoms. The van der Waals surface area contributed by atoms with Gasteiger partial charge in [0.25, 0.3) is 0 Å². The molecule has 2 heteroatoms. The van der Waals surface area contributed by atoms with Gasteiger partial charge in [0, 0.05) is 31.3 Å². The molecule has 1 fully saturated rings. The van der Waals surface area contributed by atoms with Crippen molar-refractivity contribution in [1.82, 2.24) is 0 Å². The van der Waals surface area contributed by atoms with E-state index in [1.54, 1.807) is 0 Å². The lowest BCUT2D eigenvalue weighted by Gasteiger charge is -2.23. The molecule has 0 radical (unpaired) electrons. The number of aliphatic hydroxyl groups is 1. The lowest BCUT2D eigenvalue weighted by molar-refractivity contribution is 0.238. The van der Waals surface area contributed by atoms with Crippen molar-refractivity contribution in [2.24, 2.45) is 5.92 Å². The molecule has 82 valence electrons. The molecule has 1 aliphatic rings. The maximum atomic E-state index is 9.14. The van der Waals surface area contributed by atoms with Gasteiger partial charge in [-0.15, -0.1) is 0 Å². The minimum Gasteiger partial charge on any atom is -0.396 e. The molecule has 0 aliphatic carbocycles. The van der Waals surface area contributed by atoms with Crippen LogP contribution < -0.4 is 4.90 Å². The SMILES string of the molecule is Cc1cccc(C)c1N1CCC(CO)C1. The van der Waals surface area contributed by atoms with E-state index in [2.05, 4.69) is 36.9 Å². The maximum Gasteiger partial charge on any atom is 0.0476 e. The number of anilines is 1. The summed E-state index contributed by atoms with van der Waals surface area (Å²) < 4.78 is 0. The molecule has 1 unspecified atom stereocenters. The number of para-hydroxylation sites is 1. The normalized spacial score (nSPS) is 21.0. The Bertz CT molecular complexity index is 328. The average molecular weight is 205 g/mol. The van der Waals surface area contributed by atoms with E-state index in [1.807, 2.05) is 0 Å². The van der Waals surface area contributed by atoms with E-state index in [0.717, 1.165) is 19.5 Å². The summed E-state index contributed by atoms with van der Waals surface area (Å²) in [5, 5.41) is 9.14. The van der Waals surface area contributed by atoms with E-state index in [1.165, 1.54) is 16.8 Å². The van der Waals surface area contributed by atoms with Crippen molar-refractivity contribution in [2.45, 2.75) is 20.3 Å². The highest BCUT2D eigenvalue weighted by molar-refractivity contribution is 5.59. The number of aliphatic hydroxyl groups excluding tert-OH is 1. The molecule has 0 saturated carbocycles. The van der Waals surface area contributed by atoms with Crippen LogP contribution in [-0.2, 0) is 0 Å². The van der Waals surface area contributed by atoms with Gasteiger partial charge in [0.1, 0.15) is 0 Å². The Labute approximate surface area is 91.5 Å². The quantitative estimate of drug-likeness (QED) is 0.799. The summed E-state index contributed by atoms with van der Waals surface area (Å²) in [5.74, 6) is 0.462. The van der Waals surface area contributed by atoms with Gasteiger partial charge in [-0.3, -0.25) is 0 Å². The summed E-state index contributed by atoms with van der Waals surface area (Å²) in [5.41, 5.74) is 4.05. The molecule has 15 heavy (non-hydrogen) atoms. The van der Waals surface area contributed by atoms with Crippen LogP contribution in [-0.4, -0.2) is 24.8 Å². The Hall–Kier alpha value is -1.02. The van der Waals surface area contributed by atoms with E-state index >= 15 is 0 Å². The Morgan fingerprint density at radius 1 is 1.33 bits per heavy atom. The van der Waals surface area contributed by atoms with Crippen LogP contribution in [0.5, 0.6) is 0 Å². The van der Waals surface area contributed by atoms with Gasteiger partial charge in [0.05, 0.1) is 0 Å². The van der Waals surface area contributed by atoms with Crippen molar-refractivity contribution in [2.75, 3.05) is 24.6 Å². The second-order valence-corrected chi connectivity index (χ2v) is 4.52. The number of hydrogen-bond donors (Lipinski definition) is 1. The highest BCUT2D eigenvalue weighted by atomic mass is 16.3. The van der Waals surface area contributed by atoms with Crippen molar-refractivity contribution in [1.29, 1.82) is 0 Å². The fourth-order valence-electron chi connectivity index (χ4n) is 2.49. The van der Waals surface area contributed by atoms with Crippen LogP contribution in [0.3, 0.4) is 0 Å². The lowest BCUT2D eigenvalue weighted by Crippen LogP contribution is -2.22. The number of nitrogens with zero attached hydrogens (tertiary/aromatic N) is 1. The van der Waals surface area contributed by atoms with E-state index in [4.69, 9.17) is 5.11 Å². The first-order chi connectivity index (χ1) is 7.22. The largest absolute Gasteiger partial charge is 0.396 e. The number of aryl methyl sites for hydroxylation is 2. The van der Waals surface area contributed by atoms with Crippen LogP contribution in [0.1, 0.15) is 17.5 Å². The summed E-state index contributed by atoms with van der Waals surface area (Å²) in [6.45, 7) is 6.73. The van der Waals surface area contributed by atoms with Crippen molar-refractivity contribution >= 4 is 5.69 Å². The molecule has 1 aromatic carbocycles. The summed E-state index contributed by atoms with van der Waals surface area (Å²) in [7, 11) is 0. The van der Waals surface area contributed by atoms with Gasteiger partial charge in [0.2, 0.25) is 0 Å². The predicted molar refractivity (Wildman–Crippen MR) is 63.3 cm³/mol. The molecule has 0 spiro atoms. The van der Waals surface area contributed by atoms with Crippen LogP contribution in [0, 0.1) is 19.8 Å². The monoisotopic (exact) mass is 205 g/mol. The smallest absolute Gasteiger partial charge is 0.0476 e. The summed E-state index contributed by atoms with van der Waals surface area (Å²) >= 11 is 0. The number of rotatable bonds is 2. The van der Waals surface area contributed by atoms with Crippen molar-refractivity contribution in [3.63, 3.8) is 0 Å². The summed E-state index contributed by atoms with van der Waals surface area (Å²) in [6.07, 6.45) is 1.12. The van der Waals surface area contributed by atoms with Crippen LogP contribution in [0.25, 0.3) is 0 Å². The first kappa shape index (κ1) is 10.5. The highest BCUT2D eigenvalue weighted by Gasteiger charge is 2.23. The summed E-state index contributed by atoms with van der Waals surface area (Å²) in [4.78, 5) is 2.41. The Kier molecular flexibility index (Phi) is 2.96. The Morgan fingerprint density at radius 3 is 2.53 bits per heavy atom. The zero-order chi connectivity index (χ0) is 10.8. The van der Waals surface area contributed by atoms with Crippen LogP contribution in [0.4, 0.5) is 5.69 Å². The van der Waals surface area contributed by atoms with E-state index in [9.17, 15) is 0 Å². The third-order valence-corrected chi connectivity index (χ3v) is 3.30. The van der Waals surface area contributed by atoms with Crippen LogP contribution >= 0.6 is 0 Å². The van der Waals surface area contributed by atoms with Crippen molar-refractivity contribution in [3.8, 4) is 0 Å². The molecule has 1 N–H and O–H groups in total. The standard InChI is InChI=1S/C13H19NO/c1-10-4-3-5-11(2)13(10)14-7-6-12(8-14)9-15/h3-5,12,15H,6-9H2,1-2H3. The molecule has 0 aromatic heterocycles. The lowest BCUT2D eigenvalue weighted by atomic mass is 10.1. The number of hydrogen-bond acceptors (Lipinski definition) is 2. The fraction of sp³-hybridized carbons (Fsp3) is 0.538. The molecule has 1 saturated heterocycles. The molecule has 0 amide bonds. The van der Waals surface area contributed by atoms with Crippen LogP contribution in [0.2, 0.25) is 0 Å². The van der Waals surface area contributed by atoms with Gasteiger partial charge in [-0.1, -0.05) is 18.2 Å². The molecule has 1 aromatic rings. The van der Waals surface area contributed by atoms with Gasteiger partial charge in [0.15, 0.2) is 0 Å². The Morgan fingerprint density at radius 2 is 2.00 bits per heavy atom. The average Bonchev–Trinajstić information content (AvgIpc) is 2.66. The molecule has 1 aliphatic heterocycles. The van der Waals surface area contributed by atoms with E-state index in [0.29, 0.717) is 12.5 Å². The summed E-state index contributed by atoms with van der Waals surface area (Å²) in [6, 6.07) is 6.43. The third kappa shape index (κ3) is 2.00. The topological polar surface area (TPSA) is 23.5 Å². The second kappa shape index (κ2) is 4.23. The molecule has 1 atom stereocenters. The second-order valence-electron chi connectivity index (χ2n) is 4.52. The first-order valence-corrected chi connectivity index (χ1v) is 5.64. The minimum absolute atomic E-state index is 0.321. The van der Waals surface area contributed by atoms with E-state index in [-0.39, 0.29) is 0 Å². The van der Waals surface area contributed by atoms with Gasteiger partial charge < -0.3 is 10.0 Å². The van der Waals surface area contributed by atoms with Gasteiger partial charge in [-0.2, -0.15) is 0 Å². The number of benzene rings is 1. The van der Waals surface area contributed by atoms with Crippen molar-refractivity contribution in [3.05, 3.63) is 29.3 Å². The maximum absolute atomic E-state index is 9.14. The Balaban J connectivity index is 2.23. The van der Waals surface area contributed by atoms with Gasteiger partial charge in [-0.05, 0) is 31.4 Å². The molecule has 2 nitrogen and oxygen atoms in total. The highest BCUT2D eigenvalue weighted by Crippen LogP contribution is 2.29. The zero-order valence-corrected chi connectivity index (χ0v) is 9.53. The molecule has 2 rings (SSSR count). The third-order valence-electron chi connectivity index (χ3n) is 3.30. The zero-order valence-electron chi connectivity index (χ0n) is 9.53. The van der Waals surface area contributed by atoms with Gasteiger partial charge in [-0.25, -0.2) is 0 Å². The molecular weight excluding hydrogens is 186 g/mol. The van der Waals surface area contributed by atoms with Crippen LogP contribution in [0.15, 0.2) is 18.2 Å². The van der Waals surface area contributed by atoms with Gasteiger partial charge >= 0.3 is 0 Å². The van der Waals surface area contributed by atoms with E-state index < -0.39 is 0 Å². The molecular formula is C13H19NO. The fourth-order valence-corrected chi connectivity index (χ4v) is 2.49. The minimum atomic E-state index is 0.321. The predicted octanol–water partition coefficient (Wildman–Crippen LogP) is 2.12.